The van der Waals surface area contributed by atoms with E-state index in [4.69, 9.17) is 4.98 Å². The van der Waals surface area contributed by atoms with Gasteiger partial charge in [-0.05, 0) is 19.2 Å². The largest absolute Gasteiger partial charge is 0.332 e. The van der Waals surface area contributed by atoms with Gasteiger partial charge in [-0.1, -0.05) is 6.07 Å². The Morgan fingerprint density at radius 1 is 1.08 bits per heavy atom. The van der Waals surface area contributed by atoms with Crippen LogP contribution in [-0.2, 0) is 32.7 Å². The Labute approximate surface area is 153 Å². The number of pyridine rings is 1. The summed E-state index contributed by atoms with van der Waals surface area (Å²) in [6.07, 6.45) is 9.31. The summed E-state index contributed by atoms with van der Waals surface area (Å²) in [5.41, 5.74) is 3.33. The summed E-state index contributed by atoms with van der Waals surface area (Å²) in [6.45, 7) is 5.37. The van der Waals surface area contributed by atoms with E-state index in [9.17, 15) is 0 Å². The predicted molar refractivity (Wildman–Crippen MR) is 97.8 cm³/mol. The van der Waals surface area contributed by atoms with E-state index in [2.05, 4.69) is 48.6 Å². The Morgan fingerprint density at radius 3 is 2.77 bits per heavy atom. The van der Waals surface area contributed by atoms with E-state index in [0.29, 0.717) is 0 Å². The van der Waals surface area contributed by atoms with Crippen LogP contribution in [0.2, 0.25) is 0 Å². The highest BCUT2D eigenvalue weighted by molar-refractivity contribution is 5.09. The SMILES string of the molecule is CN(Cc1cncnc1)Cc1cn2c(n1)CN(Cc1ccccn1)CC2. The second-order valence-corrected chi connectivity index (χ2v) is 6.79. The van der Waals surface area contributed by atoms with Crippen LogP contribution in [0.4, 0.5) is 0 Å². The molecule has 1 aliphatic rings. The average molecular weight is 349 g/mol. The summed E-state index contributed by atoms with van der Waals surface area (Å²) in [7, 11) is 2.10. The lowest BCUT2D eigenvalue weighted by Crippen LogP contribution is -2.33. The van der Waals surface area contributed by atoms with Gasteiger partial charge in [0.05, 0.1) is 17.9 Å². The molecular formula is C19H23N7. The van der Waals surface area contributed by atoms with Crippen LogP contribution in [0.25, 0.3) is 0 Å². The first-order valence-electron chi connectivity index (χ1n) is 8.86. The molecule has 0 atom stereocenters. The molecule has 134 valence electrons. The van der Waals surface area contributed by atoms with Gasteiger partial charge in [-0.25, -0.2) is 15.0 Å². The van der Waals surface area contributed by atoms with Crippen LogP contribution >= 0.6 is 0 Å². The van der Waals surface area contributed by atoms with E-state index in [-0.39, 0.29) is 0 Å². The molecule has 7 heteroatoms. The maximum Gasteiger partial charge on any atom is 0.123 e. The zero-order valence-electron chi connectivity index (χ0n) is 15.0. The molecule has 7 nitrogen and oxygen atoms in total. The molecule has 0 amide bonds. The maximum atomic E-state index is 4.85. The normalized spacial score (nSPS) is 14.5. The summed E-state index contributed by atoms with van der Waals surface area (Å²) in [5.74, 6) is 1.14. The van der Waals surface area contributed by atoms with Crippen LogP contribution in [0.1, 0.15) is 22.8 Å². The second-order valence-electron chi connectivity index (χ2n) is 6.79. The highest BCUT2D eigenvalue weighted by Gasteiger charge is 2.19. The molecule has 3 aromatic rings. The number of fused-ring (bicyclic) bond motifs is 1. The molecule has 0 saturated carbocycles. The van der Waals surface area contributed by atoms with Crippen LogP contribution in [0.5, 0.6) is 0 Å². The summed E-state index contributed by atoms with van der Waals surface area (Å²) < 4.78 is 2.28. The molecule has 0 fully saturated rings. The zero-order chi connectivity index (χ0) is 17.8. The second kappa shape index (κ2) is 7.72. The van der Waals surface area contributed by atoms with Crippen molar-refractivity contribution in [2.75, 3.05) is 13.6 Å². The average Bonchev–Trinajstić information content (AvgIpc) is 3.04. The predicted octanol–water partition coefficient (Wildman–Crippen LogP) is 1.72. The molecule has 0 aromatic carbocycles. The number of nitrogens with zero attached hydrogens (tertiary/aromatic N) is 7. The minimum atomic E-state index is 0.814. The van der Waals surface area contributed by atoms with Crippen molar-refractivity contribution in [2.45, 2.75) is 32.7 Å². The fourth-order valence-electron chi connectivity index (χ4n) is 3.35. The van der Waals surface area contributed by atoms with Gasteiger partial charge in [-0.3, -0.25) is 14.8 Å². The number of imidazole rings is 1. The minimum Gasteiger partial charge on any atom is -0.332 e. The van der Waals surface area contributed by atoms with Crippen molar-refractivity contribution in [3.05, 3.63) is 72.1 Å². The molecule has 26 heavy (non-hydrogen) atoms. The first-order chi connectivity index (χ1) is 12.8. The summed E-state index contributed by atoms with van der Waals surface area (Å²) >= 11 is 0. The fourth-order valence-corrected chi connectivity index (χ4v) is 3.35. The van der Waals surface area contributed by atoms with Crippen LogP contribution < -0.4 is 0 Å². The van der Waals surface area contributed by atoms with Gasteiger partial charge in [0.2, 0.25) is 0 Å². The number of hydrogen-bond donors (Lipinski definition) is 0. The Morgan fingerprint density at radius 2 is 1.96 bits per heavy atom. The van der Waals surface area contributed by atoms with Crippen LogP contribution in [0, 0.1) is 0 Å². The topological polar surface area (TPSA) is 63.0 Å². The van der Waals surface area contributed by atoms with Gasteiger partial charge in [0.25, 0.3) is 0 Å². The molecule has 0 bridgehead atoms. The van der Waals surface area contributed by atoms with Crippen molar-refractivity contribution in [1.82, 2.24) is 34.3 Å². The minimum absolute atomic E-state index is 0.814. The van der Waals surface area contributed by atoms with Crippen molar-refractivity contribution >= 4 is 0 Å². The van der Waals surface area contributed by atoms with Gasteiger partial charge in [0, 0.05) is 63.1 Å². The molecule has 4 rings (SSSR count). The van der Waals surface area contributed by atoms with Crippen LogP contribution in [0.3, 0.4) is 0 Å². The summed E-state index contributed by atoms with van der Waals surface area (Å²) in [5, 5.41) is 0. The van der Waals surface area contributed by atoms with Crippen molar-refractivity contribution < 1.29 is 0 Å². The van der Waals surface area contributed by atoms with Crippen LogP contribution in [0.15, 0.2) is 49.3 Å². The first kappa shape index (κ1) is 16.8. The van der Waals surface area contributed by atoms with Crippen molar-refractivity contribution in [2.24, 2.45) is 0 Å². The van der Waals surface area contributed by atoms with Crippen molar-refractivity contribution in [3.8, 4) is 0 Å². The standard InChI is InChI=1S/C19H23N7/c1-24(10-16-8-20-15-21-9-16)11-18-13-26-7-6-25(14-19(26)23-18)12-17-4-2-3-5-22-17/h2-5,8-9,13,15H,6-7,10-12,14H2,1H3. The Hall–Kier alpha value is -2.64. The summed E-state index contributed by atoms with van der Waals surface area (Å²) in [6, 6.07) is 6.07. The molecule has 3 aromatic heterocycles. The Kier molecular flexibility index (Phi) is 4.99. The van der Waals surface area contributed by atoms with E-state index in [1.807, 2.05) is 30.7 Å². The summed E-state index contributed by atoms with van der Waals surface area (Å²) in [4.78, 5) is 22.1. The van der Waals surface area contributed by atoms with E-state index in [0.717, 1.165) is 62.0 Å². The molecule has 0 radical (unpaired) electrons. The van der Waals surface area contributed by atoms with Gasteiger partial charge < -0.3 is 4.57 Å². The zero-order valence-corrected chi connectivity index (χ0v) is 15.0. The van der Waals surface area contributed by atoms with Gasteiger partial charge in [0.1, 0.15) is 12.2 Å². The molecular weight excluding hydrogens is 326 g/mol. The molecule has 1 aliphatic heterocycles. The lowest BCUT2D eigenvalue weighted by molar-refractivity contribution is 0.206. The molecule has 0 saturated heterocycles. The monoisotopic (exact) mass is 349 g/mol. The van der Waals surface area contributed by atoms with Gasteiger partial charge in [0.15, 0.2) is 0 Å². The molecule has 0 N–H and O–H groups in total. The highest BCUT2D eigenvalue weighted by Crippen LogP contribution is 2.16. The van der Waals surface area contributed by atoms with E-state index in [1.165, 1.54) is 0 Å². The van der Waals surface area contributed by atoms with Gasteiger partial charge in [-0.15, -0.1) is 0 Å². The number of rotatable bonds is 6. The maximum absolute atomic E-state index is 4.85. The lowest BCUT2D eigenvalue weighted by atomic mass is 10.3. The smallest absolute Gasteiger partial charge is 0.123 e. The third-order valence-corrected chi connectivity index (χ3v) is 4.54. The quantitative estimate of drug-likeness (QED) is 0.675. The van der Waals surface area contributed by atoms with E-state index in [1.54, 1.807) is 6.33 Å². The van der Waals surface area contributed by atoms with Gasteiger partial charge >= 0.3 is 0 Å². The van der Waals surface area contributed by atoms with Crippen molar-refractivity contribution in [1.29, 1.82) is 0 Å². The molecule has 4 heterocycles. The Bertz CT molecular complexity index is 832. The number of hydrogen-bond acceptors (Lipinski definition) is 6. The van der Waals surface area contributed by atoms with Gasteiger partial charge in [-0.2, -0.15) is 0 Å². The lowest BCUT2D eigenvalue weighted by Gasteiger charge is -2.27. The third kappa shape index (κ3) is 4.12. The van der Waals surface area contributed by atoms with Crippen molar-refractivity contribution in [3.63, 3.8) is 0 Å². The van der Waals surface area contributed by atoms with E-state index < -0.39 is 0 Å². The fraction of sp³-hybridized carbons (Fsp3) is 0.368. The highest BCUT2D eigenvalue weighted by atomic mass is 15.2. The Balaban J connectivity index is 1.36. The number of aromatic nitrogens is 5. The molecule has 0 aliphatic carbocycles. The van der Waals surface area contributed by atoms with E-state index >= 15 is 0 Å². The van der Waals surface area contributed by atoms with Crippen LogP contribution in [-0.4, -0.2) is 47.9 Å². The molecule has 0 unspecified atom stereocenters. The third-order valence-electron chi connectivity index (χ3n) is 4.54. The molecule has 0 spiro atoms. The first-order valence-corrected chi connectivity index (χ1v) is 8.86.